The molecule has 0 bridgehead atoms. The van der Waals surface area contributed by atoms with Gasteiger partial charge in [-0.05, 0) is 20.3 Å². The van der Waals surface area contributed by atoms with Crippen molar-refractivity contribution in [3.63, 3.8) is 0 Å². The zero-order chi connectivity index (χ0) is 19.1. The number of carboxylic acids is 1. The molecular formula is C20H41N3O2. The van der Waals surface area contributed by atoms with Gasteiger partial charge in [-0.25, -0.2) is 0 Å². The van der Waals surface area contributed by atoms with E-state index < -0.39 is 12.0 Å². The Bertz CT molecular complexity index is 359. The smallest absolute Gasteiger partial charge is 0.320 e. The number of hydrogen-bond donors (Lipinski definition) is 2. The van der Waals surface area contributed by atoms with Gasteiger partial charge in [0.1, 0.15) is 6.04 Å². The highest BCUT2D eigenvalue weighted by molar-refractivity contribution is 5.72. The maximum absolute atomic E-state index is 9.57. The van der Waals surface area contributed by atoms with Crippen molar-refractivity contribution in [1.82, 2.24) is 9.80 Å². The Morgan fingerprint density at radius 1 is 1.04 bits per heavy atom. The van der Waals surface area contributed by atoms with E-state index in [9.17, 15) is 4.79 Å². The van der Waals surface area contributed by atoms with Crippen LogP contribution >= 0.6 is 0 Å². The highest BCUT2D eigenvalue weighted by Crippen LogP contribution is 2.15. The lowest BCUT2D eigenvalue weighted by molar-refractivity contribution is -0.138. The molecule has 1 heterocycles. The standard InChI is InChI=1S/C17H34N2.C3H7NO2/c1-4-5-6-7-8-9-10-11-12-13-14-19-16-15-18(3)17(19)2;1-2(4)3(5)6/h15-17H,4-14H2,1-3H3;2H,4H2,1H3,(H,5,6). The molecule has 1 aliphatic heterocycles. The van der Waals surface area contributed by atoms with Crippen molar-refractivity contribution in [2.75, 3.05) is 13.6 Å². The topological polar surface area (TPSA) is 69.8 Å². The summed E-state index contributed by atoms with van der Waals surface area (Å²) in [4.78, 5) is 14.3. The molecule has 0 amide bonds. The van der Waals surface area contributed by atoms with Crippen molar-refractivity contribution in [2.45, 2.75) is 97.2 Å². The normalized spacial score (nSPS) is 17.4. The van der Waals surface area contributed by atoms with Gasteiger partial charge in [0.15, 0.2) is 0 Å². The van der Waals surface area contributed by atoms with Crippen LogP contribution < -0.4 is 5.73 Å². The Morgan fingerprint density at radius 2 is 1.48 bits per heavy atom. The average molecular weight is 356 g/mol. The van der Waals surface area contributed by atoms with Gasteiger partial charge in [-0.15, -0.1) is 0 Å². The van der Waals surface area contributed by atoms with E-state index in [1.807, 2.05) is 0 Å². The maximum atomic E-state index is 9.57. The van der Waals surface area contributed by atoms with Gasteiger partial charge >= 0.3 is 5.97 Å². The van der Waals surface area contributed by atoms with Crippen LogP contribution in [-0.2, 0) is 4.79 Å². The van der Waals surface area contributed by atoms with Crippen LogP contribution in [0.4, 0.5) is 0 Å². The Hall–Kier alpha value is -1.23. The summed E-state index contributed by atoms with van der Waals surface area (Å²) in [6, 6.07) is -0.731. The first-order valence-corrected chi connectivity index (χ1v) is 10.0. The molecule has 1 aliphatic rings. The van der Waals surface area contributed by atoms with Crippen molar-refractivity contribution < 1.29 is 9.90 Å². The summed E-state index contributed by atoms with van der Waals surface area (Å²) in [6.45, 7) is 7.20. The Balaban J connectivity index is 0.000000823. The third-order valence-corrected chi connectivity index (χ3v) is 4.72. The number of rotatable bonds is 12. The van der Waals surface area contributed by atoms with Gasteiger partial charge in [0.05, 0.1) is 6.17 Å². The van der Waals surface area contributed by atoms with Gasteiger partial charge in [-0.2, -0.15) is 0 Å². The molecule has 5 heteroatoms. The number of unbranched alkanes of at least 4 members (excludes halogenated alkanes) is 9. The quantitative estimate of drug-likeness (QED) is 0.508. The molecule has 0 fully saturated rings. The third kappa shape index (κ3) is 12.7. The van der Waals surface area contributed by atoms with Gasteiger partial charge in [0, 0.05) is 26.0 Å². The molecule has 0 radical (unpaired) electrons. The summed E-state index contributed by atoms with van der Waals surface area (Å²) < 4.78 is 0. The second-order valence-corrected chi connectivity index (χ2v) is 7.14. The molecule has 0 spiro atoms. The fraction of sp³-hybridized carbons (Fsp3) is 0.850. The summed E-state index contributed by atoms with van der Waals surface area (Å²) in [6.07, 6.45) is 19.2. The number of nitrogens with two attached hydrogens (primary N) is 1. The zero-order valence-electron chi connectivity index (χ0n) is 16.9. The Labute approximate surface area is 155 Å². The monoisotopic (exact) mass is 355 g/mol. The van der Waals surface area contributed by atoms with Crippen LogP contribution in [0.5, 0.6) is 0 Å². The summed E-state index contributed by atoms with van der Waals surface area (Å²) in [5.74, 6) is -0.963. The molecule has 2 atom stereocenters. The minimum atomic E-state index is -0.963. The molecule has 148 valence electrons. The molecule has 0 aromatic heterocycles. The van der Waals surface area contributed by atoms with Crippen LogP contribution in [0.3, 0.4) is 0 Å². The van der Waals surface area contributed by atoms with E-state index in [0.717, 1.165) is 0 Å². The second-order valence-electron chi connectivity index (χ2n) is 7.14. The molecule has 0 saturated heterocycles. The van der Waals surface area contributed by atoms with Gasteiger partial charge in [-0.1, -0.05) is 64.7 Å². The number of hydrogen-bond acceptors (Lipinski definition) is 4. The molecule has 0 aromatic rings. The molecule has 2 unspecified atom stereocenters. The van der Waals surface area contributed by atoms with Gasteiger partial charge in [0.2, 0.25) is 0 Å². The predicted molar refractivity (Wildman–Crippen MR) is 106 cm³/mol. The minimum Gasteiger partial charge on any atom is -0.480 e. The van der Waals surface area contributed by atoms with Gasteiger partial charge < -0.3 is 20.6 Å². The first-order chi connectivity index (χ1) is 11.9. The molecule has 25 heavy (non-hydrogen) atoms. The number of nitrogens with zero attached hydrogens (tertiary/aromatic N) is 2. The number of aliphatic carboxylic acids is 1. The third-order valence-electron chi connectivity index (χ3n) is 4.72. The predicted octanol–water partition coefficient (Wildman–Crippen LogP) is 4.39. The zero-order valence-corrected chi connectivity index (χ0v) is 16.9. The first kappa shape index (κ1) is 23.8. The maximum Gasteiger partial charge on any atom is 0.320 e. The van der Waals surface area contributed by atoms with Crippen molar-refractivity contribution in [3.8, 4) is 0 Å². The fourth-order valence-electron chi connectivity index (χ4n) is 2.72. The fourth-order valence-corrected chi connectivity index (χ4v) is 2.72. The summed E-state index contributed by atoms with van der Waals surface area (Å²) in [5, 5.41) is 7.87. The van der Waals surface area contributed by atoms with E-state index >= 15 is 0 Å². The summed E-state index contributed by atoms with van der Waals surface area (Å²) in [5.41, 5.74) is 4.84. The first-order valence-electron chi connectivity index (χ1n) is 10.0. The lowest BCUT2D eigenvalue weighted by Crippen LogP contribution is -2.34. The SMILES string of the molecule is CC(N)C(=O)O.CCCCCCCCCCCCN1C=CN(C)C1C. The van der Waals surface area contributed by atoms with Gasteiger partial charge in [-0.3, -0.25) is 4.79 Å². The van der Waals surface area contributed by atoms with Crippen molar-refractivity contribution in [1.29, 1.82) is 0 Å². The highest BCUT2D eigenvalue weighted by atomic mass is 16.4. The van der Waals surface area contributed by atoms with Crippen molar-refractivity contribution in [2.24, 2.45) is 5.73 Å². The average Bonchev–Trinajstić information content (AvgIpc) is 2.89. The molecule has 0 saturated carbocycles. The van der Waals surface area contributed by atoms with Crippen molar-refractivity contribution >= 4 is 5.97 Å². The van der Waals surface area contributed by atoms with E-state index in [1.54, 1.807) is 0 Å². The highest BCUT2D eigenvalue weighted by Gasteiger charge is 2.17. The van der Waals surface area contributed by atoms with Crippen LogP contribution in [0.15, 0.2) is 12.4 Å². The molecular weight excluding hydrogens is 314 g/mol. The summed E-state index contributed by atoms with van der Waals surface area (Å²) >= 11 is 0. The van der Waals surface area contributed by atoms with E-state index in [1.165, 1.54) is 77.7 Å². The van der Waals surface area contributed by atoms with Crippen LogP contribution in [0, 0.1) is 0 Å². The lowest BCUT2D eigenvalue weighted by atomic mass is 10.1. The second kappa shape index (κ2) is 15.1. The van der Waals surface area contributed by atoms with Crippen LogP contribution in [-0.4, -0.2) is 46.7 Å². The molecule has 0 aromatic carbocycles. The van der Waals surface area contributed by atoms with E-state index in [0.29, 0.717) is 6.17 Å². The van der Waals surface area contributed by atoms with Crippen LogP contribution in [0.1, 0.15) is 85.0 Å². The Kier molecular flexibility index (Phi) is 14.3. The van der Waals surface area contributed by atoms with E-state index in [-0.39, 0.29) is 0 Å². The van der Waals surface area contributed by atoms with E-state index in [4.69, 9.17) is 10.8 Å². The molecule has 3 N–H and O–H groups in total. The lowest BCUT2D eigenvalue weighted by Gasteiger charge is -2.26. The number of carbonyl (C=O) groups is 1. The molecule has 1 rings (SSSR count). The van der Waals surface area contributed by atoms with Crippen molar-refractivity contribution in [3.05, 3.63) is 12.4 Å². The molecule has 5 nitrogen and oxygen atoms in total. The van der Waals surface area contributed by atoms with E-state index in [2.05, 4.69) is 43.1 Å². The van der Waals surface area contributed by atoms with Gasteiger partial charge in [0.25, 0.3) is 0 Å². The van der Waals surface area contributed by atoms with Crippen LogP contribution in [0.25, 0.3) is 0 Å². The largest absolute Gasteiger partial charge is 0.480 e. The molecule has 0 aliphatic carbocycles. The Morgan fingerprint density at radius 3 is 1.84 bits per heavy atom. The summed E-state index contributed by atoms with van der Waals surface area (Å²) in [7, 11) is 2.15. The number of carboxylic acid groups (broad SMARTS) is 1. The van der Waals surface area contributed by atoms with Crippen LogP contribution in [0.2, 0.25) is 0 Å². The minimum absolute atomic E-state index is 0.554.